The van der Waals surface area contributed by atoms with Crippen LogP contribution in [0.3, 0.4) is 0 Å². The van der Waals surface area contributed by atoms with E-state index in [9.17, 15) is 4.79 Å². The van der Waals surface area contributed by atoms with Crippen molar-refractivity contribution in [2.75, 3.05) is 25.1 Å². The number of carbonyl (C=O) groups is 1. The van der Waals surface area contributed by atoms with E-state index in [0.717, 1.165) is 65.7 Å². The van der Waals surface area contributed by atoms with Crippen LogP contribution in [0.15, 0.2) is 66.7 Å². The van der Waals surface area contributed by atoms with Crippen LogP contribution >= 0.6 is 0 Å². The average Bonchev–Trinajstić information content (AvgIpc) is 3.32. The van der Waals surface area contributed by atoms with E-state index in [2.05, 4.69) is 33.4 Å². The second-order valence-corrected chi connectivity index (χ2v) is 8.75. The summed E-state index contributed by atoms with van der Waals surface area (Å²) in [4.78, 5) is 19.8. The van der Waals surface area contributed by atoms with Crippen LogP contribution in [0.1, 0.15) is 24.1 Å². The van der Waals surface area contributed by atoms with Gasteiger partial charge >= 0.3 is 0 Å². The van der Waals surface area contributed by atoms with Crippen LogP contribution < -0.4 is 15.0 Å². The number of amides is 1. The zero-order valence-electron chi connectivity index (χ0n) is 19.6. The highest BCUT2D eigenvalue weighted by Gasteiger charge is 2.26. The Bertz CT molecular complexity index is 1280. The Kier molecular flexibility index (Phi) is 6.16. The molecule has 1 saturated heterocycles. The van der Waals surface area contributed by atoms with E-state index in [1.54, 1.807) is 7.11 Å². The van der Waals surface area contributed by atoms with Crippen LogP contribution in [-0.4, -0.2) is 40.7 Å². The molecule has 0 saturated carbocycles. The molecule has 1 N–H and O–H groups in total. The molecule has 4 aromatic rings. The van der Waals surface area contributed by atoms with Gasteiger partial charge in [0.2, 0.25) is 5.91 Å². The Morgan fingerprint density at radius 1 is 1.06 bits per heavy atom. The van der Waals surface area contributed by atoms with Crippen molar-refractivity contribution in [3.8, 4) is 17.0 Å². The van der Waals surface area contributed by atoms with E-state index in [1.807, 2.05) is 60.0 Å². The lowest BCUT2D eigenvalue weighted by molar-refractivity contribution is -0.125. The lowest BCUT2D eigenvalue weighted by Gasteiger charge is -2.33. The van der Waals surface area contributed by atoms with Crippen LogP contribution in [0.5, 0.6) is 5.75 Å². The van der Waals surface area contributed by atoms with Gasteiger partial charge in [0.1, 0.15) is 11.6 Å². The molecule has 1 amide bonds. The minimum absolute atomic E-state index is 0.0189. The van der Waals surface area contributed by atoms with Crippen LogP contribution in [-0.2, 0) is 11.3 Å². The van der Waals surface area contributed by atoms with Gasteiger partial charge in [-0.3, -0.25) is 4.79 Å². The quantitative estimate of drug-likeness (QED) is 0.471. The van der Waals surface area contributed by atoms with Gasteiger partial charge < -0.3 is 15.0 Å². The molecule has 1 aliphatic heterocycles. The van der Waals surface area contributed by atoms with E-state index in [4.69, 9.17) is 9.84 Å². The first-order chi connectivity index (χ1) is 16.6. The number of rotatable bonds is 6. The molecule has 2 aromatic carbocycles. The SMILES string of the molecule is COc1ccc(CNC(=O)C2CCN(c3cc(C)nc4cc(-c5ccccc5)nn34)CC2)cc1. The first kappa shape index (κ1) is 21.9. The fourth-order valence-corrected chi connectivity index (χ4v) is 4.50. The summed E-state index contributed by atoms with van der Waals surface area (Å²) in [7, 11) is 1.65. The number of fused-ring (bicyclic) bond motifs is 1. The van der Waals surface area contributed by atoms with Crippen LogP contribution in [0, 0.1) is 12.8 Å². The monoisotopic (exact) mass is 455 g/mol. The zero-order chi connectivity index (χ0) is 23.5. The number of anilines is 1. The molecule has 0 aliphatic carbocycles. The predicted molar refractivity (Wildman–Crippen MR) is 133 cm³/mol. The molecule has 0 spiro atoms. The fraction of sp³-hybridized carbons (Fsp3) is 0.296. The van der Waals surface area contributed by atoms with Crippen molar-refractivity contribution < 1.29 is 9.53 Å². The molecule has 174 valence electrons. The standard InChI is InChI=1S/C27H29N5O2/c1-19-16-26(32-25(29-19)17-24(30-32)21-6-4-3-5-7-21)31-14-12-22(13-15-31)27(33)28-18-20-8-10-23(34-2)11-9-20/h3-11,16-17,22H,12-15,18H2,1-2H3,(H,28,33). The van der Waals surface area contributed by atoms with E-state index in [0.29, 0.717) is 6.54 Å². The number of ether oxygens (including phenoxy) is 1. The third kappa shape index (κ3) is 4.59. The van der Waals surface area contributed by atoms with Crippen molar-refractivity contribution >= 4 is 17.4 Å². The Hall–Kier alpha value is -3.87. The number of piperidine rings is 1. The summed E-state index contributed by atoms with van der Waals surface area (Å²) in [6, 6.07) is 22.1. The smallest absolute Gasteiger partial charge is 0.223 e. The Labute approximate surface area is 199 Å². The maximum absolute atomic E-state index is 12.8. The van der Waals surface area contributed by atoms with Crippen LogP contribution in [0.4, 0.5) is 5.82 Å². The van der Waals surface area contributed by atoms with Gasteiger partial charge in [0.05, 0.1) is 12.8 Å². The maximum Gasteiger partial charge on any atom is 0.223 e. The van der Waals surface area contributed by atoms with Gasteiger partial charge in [0.25, 0.3) is 0 Å². The molecule has 0 atom stereocenters. The number of benzene rings is 2. The van der Waals surface area contributed by atoms with E-state index in [1.165, 1.54) is 0 Å². The number of methoxy groups -OCH3 is 1. The van der Waals surface area contributed by atoms with Crippen molar-refractivity contribution in [3.05, 3.63) is 78.0 Å². The normalized spacial score (nSPS) is 14.4. The first-order valence-corrected chi connectivity index (χ1v) is 11.7. The zero-order valence-corrected chi connectivity index (χ0v) is 19.6. The number of hydrogen-bond acceptors (Lipinski definition) is 5. The number of aryl methyl sites for hydroxylation is 1. The molecule has 7 heteroatoms. The predicted octanol–water partition coefficient (Wildman–Crippen LogP) is 4.25. The van der Waals surface area contributed by atoms with Crippen LogP contribution in [0.2, 0.25) is 0 Å². The largest absolute Gasteiger partial charge is 0.497 e. The van der Waals surface area contributed by atoms with Gasteiger partial charge in [-0.25, -0.2) is 4.98 Å². The van der Waals surface area contributed by atoms with Crippen molar-refractivity contribution in [1.29, 1.82) is 0 Å². The molecule has 5 rings (SSSR count). The van der Waals surface area contributed by atoms with Gasteiger partial charge in [-0.1, -0.05) is 42.5 Å². The molecule has 0 radical (unpaired) electrons. The Morgan fingerprint density at radius 2 is 1.79 bits per heavy atom. The second kappa shape index (κ2) is 9.55. The number of hydrogen-bond donors (Lipinski definition) is 1. The van der Waals surface area contributed by atoms with E-state index in [-0.39, 0.29) is 11.8 Å². The molecule has 0 unspecified atom stereocenters. The van der Waals surface area contributed by atoms with Crippen LogP contribution in [0.25, 0.3) is 16.9 Å². The Morgan fingerprint density at radius 3 is 2.50 bits per heavy atom. The summed E-state index contributed by atoms with van der Waals surface area (Å²) in [6.45, 7) is 4.15. The van der Waals surface area contributed by atoms with E-state index >= 15 is 0 Å². The Balaban J connectivity index is 1.25. The molecular formula is C27H29N5O2. The highest BCUT2D eigenvalue weighted by molar-refractivity contribution is 5.79. The topological polar surface area (TPSA) is 71.8 Å². The molecule has 7 nitrogen and oxygen atoms in total. The highest BCUT2D eigenvalue weighted by atomic mass is 16.5. The molecule has 1 aliphatic rings. The fourth-order valence-electron chi connectivity index (χ4n) is 4.50. The minimum Gasteiger partial charge on any atom is -0.497 e. The summed E-state index contributed by atoms with van der Waals surface area (Å²) >= 11 is 0. The second-order valence-electron chi connectivity index (χ2n) is 8.75. The summed E-state index contributed by atoms with van der Waals surface area (Å²) in [5.41, 5.74) is 4.85. The summed E-state index contributed by atoms with van der Waals surface area (Å²) in [6.07, 6.45) is 1.62. The van der Waals surface area contributed by atoms with Gasteiger partial charge in [0, 0.05) is 48.9 Å². The van der Waals surface area contributed by atoms with Gasteiger partial charge in [0.15, 0.2) is 5.65 Å². The van der Waals surface area contributed by atoms with Crippen molar-refractivity contribution in [1.82, 2.24) is 19.9 Å². The molecular weight excluding hydrogens is 426 g/mol. The third-order valence-corrected chi connectivity index (χ3v) is 6.42. The summed E-state index contributed by atoms with van der Waals surface area (Å²) in [5, 5.41) is 7.95. The molecule has 1 fully saturated rings. The molecule has 34 heavy (non-hydrogen) atoms. The molecule has 3 heterocycles. The average molecular weight is 456 g/mol. The minimum atomic E-state index is 0.0189. The number of aromatic nitrogens is 3. The highest BCUT2D eigenvalue weighted by Crippen LogP contribution is 2.27. The van der Waals surface area contributed by atoms with Crippen molar-refractivity contribution in [2.24, 2.45) is 5.92 Å². The number of carbonyl (C=O) groups excluding carboxylic acids is 1. The molecule has 0 bridgehead atoms. The van der Waals surface area contributed by atoms with Crippen molar-refractivity contribution in [3.63, 3.8) is 0 Å². The van der Waals surface area contributed by atoms with Crippen molar-refractivity contribution in [2.45, 2.75) is 26.3 Å². The lowest BCUT2D eigenvalue weighted by Crippen LogP contribution is -2.41. The van der Waals surface area contributed by atoms with Gasteiger partial charge in [-0.05, 0) is 37.5 Å². The molecule has 2 aromatic heterocycles. The third-order valence-electron chi connectivity index (χ3n) is 6.42. The first-order valence-electron chi connectivity index (χ1n) is 11.7. The summed E-state index contributed by atoms with van der Waals surface area (Å²) < 4.78 is 7.12. The van der Waals surface area contributed by atoms with Gasteiger partial charge in [-0.15, -0.1) is 0 Å². The summed E-state index contributed by atoms with van der Waals surface area (Å²) in [5.74, 6) is 1.99. The maximum atomic E-state index is 12.8. The van der Waals surface area contributed by atoms with Gasteiger partial charge in [-0.2, -0.15) is 9.61 Å². The number of nitrogens with zero attached hydrogens (tertiary/aromatic N) is 4. The lowest BCUT2D eigenvalue weighted by atomic mass is 9.95. The van der Waals surface area contributed by atoms with E-state index < -0.39 is 0 Å². The number of nitrogens with one attached hydrogen (secondary N) is 1.